The third-order valence-electron chi connectivity index (χ3n) is 3.59. The van der Waals surface area contributed by atoms with Gasteiger partial charge in [-0.2, -0.15) is 0 Å². The lowest BCUT2D eigenvalue weighted by Gasteiger charge is -2.28. The minimum absolute atomic E-state index is 0.198. The fourth-order valence-corrected chi connectivity index (χ4v) is 2.15. The minimum atomic E-state index is -0.719. The number of methoxy groups -OCH3 is 2. The molecule has 1 unspecified atom stereocenters. The molecule has 0 amide bonds. The zero-order chi connectivity index (χ0) is 15.3. The van der Waals surface area contributed by atoms with Crippen molar-refractivity contribution in [2.45, 2.75) is 32.9 Å². The molecule has 5 heteroatoms. The summed E-state index contributed by atoms with van der Waals surface area (Å²) >= 11 is 3.52. The van der Waals surface area contributed by atoms with Gasteiger partial charge in [-0.3, -0.25) is 0 Å². The predicted molar refractivity (Wildman–Crippen MR) is 84.4 cm³/mol. The molecule has 0 saturated heterocycles. The third-order valence-corrected chi connectivity index (χ3v) is 4.33. The zero-order valence-corrected chi connectivity index (χ0v) is 14.4. The molecule has 2 N–H and O–H groups in total. The Bertz CT molecular complexity index is 447. The number of ether oxygens (including phenoxy) is 2. The van der Waals surface area contributed by atoms with Gasteiger partial charge in [0, 0.05) is 17.6 Å². The van der Waals surface area contributed by atoms with Gasteiger partial charge in [0.1, 0.15) is 0 Å². The monoisotopic (exact) mass is 345 g/mol. The van der Waals surface area contributed by atoms with E-state index in [0.29, 0.717) is 24.6 Å². The summed E-state index contributed by atoms with van der Waals surface area (Å²) in [6.07, 6.45) is 0. The van der Waals surface area contributed by atoms with Crippen LogP contribution < -0.4 is 14.8 Å². The quantitative estimate of drug-likeness (QED) is 0.797. The zero-order valence-electron chi connectivity index (χ0n) is 12.8. The highest BCUT2D eigenvalue weighted by atomic mass is 79.9. The molecule has 1 aromatic rings. The Labute approximate surface area is 129 Å². The van der Waals surface area contributed by atoms with E-state index in [2.05, 4.69) is 21.2 Å². The van der Waals surface area contributed by atoms with Gasteiger partial charge >= 0.3 is 0 Å². The summed E-state index contributed by atoms with van der Waals surface area (Å²) in [6, 6.07) is 3.82. The molecule has 0 fully saturated rings. The predicted octanol–water partition coefficient (Wildman–Crippen LogP) is 2.96. The van der Waals surface area contributed by atoms with E-state index in [1.54, 1.807) is 14.2 Å². The molecular formula is C15H24BrNO3. The summed E-state index contributed by atoms with van der Waals surface area (Å²) in [5.74, 6) is 1.59. The number of hydrogen-bond donors (Lipinski definition) is 2. The van der Waals surface area contributed by atoms with Crippen molar-refractivity contribution in [2.75, 3.05) is 20.8 Å². The largest absolute Gasteiger partial charge is 0.493 e. The van der Waals surface area contributed by atoms with Gasteiger partial charge in [0.15, 0.2) is 11.5 Å². The van der Waals surface area contributed by atoms with E-state index in [9.17, 15) is 5.11 Å². The van der Waals surface area contributed by atoms with Crippen LogP contribution in [0.2, 0.25) is 0 Å². The first-order valence-electron chi connectivity index (χ1n) is 6.65. The Balaban J connectivity index is 2.74. The summed E-state index contributed by atoms with van der Waals surface area (Å²) in [5.41, 5.74) is 0.338. The van der Waals surface area contributed by atoms with Crippen LogP contribution >= 0.6 is 15.9 Å². The number of halogens is 1. The average Bonchev–Trinajstić information content (AvgIpc) is 2.39. The highest BCUT2D eigenvalue weighted by molar-refractivity contribution is 9.10. The summed E-state index contributed by atoms with van der Waals surface area (Å²) in [5, 5.41) is 13.5. The SMILES string of the molecule is COc1cc(Br)c(CNCC(C)(O)C(C)C)cc1OC. The van der Waals surface area contributed by atoms with Crippen molar-refractivity contribution in [1.82, 2.24) is 5.32 Å². The lowest BCUT2D eigenvalue weighted by Crippen LogP contribution is -2.42. The maximum absolute atomic E-state index is 10.2. The van der Waals surface area contributed by atoms with Crippen LogP contribution in [-0.4, -0.2) is 31.5 Å². The van der Waals surface area contributed by atoms with E-state index in [0.717, 1.165) is 10.0 Å². The van der Waals surface area contributed by atoms with Gasteiger partial charge in [0.2, 0.25) is 0 Å². The number of hydrogen-bond acceptors (Lipinski definition) is 4. The highest BCUT2D eigenvalue weighted by Crippen LogP contribution is 2.33. The van der Waals surface area contributed by atoms with E-state index in [1.807, 2.05) is 32.9 Å². The summed E-state index contributed by atoms with van der Waals surface area (Å²) < 4.78 is 11.5. The summed E-state index contributed by atoms with van der Waals surface area (Å²) in [6.45, 7) is 7.03. The van der Waals surface area contributed by atoms with Crippen molar-refractivity contribution in [3.05, 3.63) is 22.2 Å². The van der Waals surface area contributed by atoms with Crippen molar-refractivity contribution in [1.29, 1.82) is 0 Å². The van der Waals surface area contributed by atoms with Crippen LogP contribution in [0.3, 0.4) is 0 Å². The Morgan fingerprint density at radius 1 is 1.25 bits per heavy atom. The van der Waals surface area contributed by atoms with Gasteiger partial charge in [-0.05, 0) is 30.5 Å². The van der Waals surface area contributed by atoms with E-state index in [-0.39, 0.29) is 5.92 Å². The average molecular weight is 346 g/mol. The standard InChI is InChI=1S/C15H24BrNO3/c1-10(2)15(3,18)9-17-8-11-6-13(19-4)14(20-5)7-12(11)16/h6-7,10,17-18H,8-9H2,1-5H3. The first-order chi connectivity index (χ1) is 9.31. The van der Waals surface area contributed by atoms with Crippen LogP contribution in [0.25, 0.3) is 0 Å². The molecule has 4 nitrogen and oxygen atoms in total. The Kier molecular flexibility index (Phi) is 6.30. The van der Waals surface area contributed by atoms with Crippen molar-refractivity contribution in [3.8, 4) is 11.5 Å². The maximum Gasteiger partial charge on any atom is 0.161 e. The second-order valence-corrected chi connectivity index (χ2v) is 6.27. The fourth-order valence-electron chi connectivity index (χ4n) is 1.69. The smallest absolute Gasteiger partial charge is 0.161 e. The molecule has 0 aliphatic carbocycles. The van der Waals surface area contributed by atoms with Crippen molar-refractivity contribution in [3.63, 3.8) is 0 Å². The van der Waals surface area contributed by atoms with Crippen LogP contribution in [0, 0.1) is 5.92 Å². The minimum Gasteiger partial charge on any atom is -0.493 e. The molecule has 1 atom stereocenters. The van der Waals surface area contributed by atoms with Gasteiger partial charge < -0.3 is 19.9 Å². The second-order valence-electron chi connectivity index (χ2n) is 5.41. The highest BCUT2D eigenvalue weighted by Gasteiger charge is 2.24. The lowest BCUT2D eigenvalue weighted by atomic mass is 9.92. The topological polar surface area (TPSA) is 50.7 Å². The van der Waals surface area contributed by atoms with E-state index >= 15 is 0 Å². The van der Waals surface area contributed by atoms with Crippen LogP contribution in [0.15, 0.2) is 16.6 Å². The van der Waals surface area contributed by atoms with Crippen molar-refractivity contribution >= 4 is 15.9 Å². The van der Waals surface area contributed by atoms with Gasteiger partial charge in [0.05, 0.1) is 19.8 Å². The molecule has 0 heterocycles. The molecule has 0 aromatic heterocycles. The number of aliphatic hydroxyl groups is 1. The molecule has 114 valence electrons. The van der Waals surface area contributed by atoms with Crippen molar-refractivity contribution in [2.24, 2.45) is 5.92 Å². The van der Waals surface area contributed by atoms with Gasteiger partial charge in [-0.15, -0.1) is 0 Å². The number of benzene rings is 1. The Hall–Kier alpha value is -0.780. The number of nitrogens with one attached hydrogen (secondary N) is 1. The second kappa shape index (κ2) is 7.29. The van der Waals surface area contributed by atoms with E-state index in [1.165, 1.54) is 0 Å². The van der Waals surface area contributed by atoms with Crippen LogP contribution in [0.5, 0.6) is 11.5 Å². The molecule has 0 bridgehead atoms. The molecule has 20 heavy (non-hydrogen) atoms. The molecule has 0 saturated carbocycles. The molecule has 1 rings (SSSR count). The summed E-state index contributed by atoms with van der Waals surface area (Å²) in [7, 11) is 3.23. The van der Waals surface area contributed by atoms with E-state index < -0.39 is 5.60 Å². The fraction of sp³-hybridized carbons (Fsp3) is 0.600. The molecular weight excluding hydrogens is 322 g/mol. The molecule has 0 radical (unpaired) electrons. The molecule has 0 aliphatic rings. The van der Waals surface area contributed by atoms with Crippen LogP contribution in [0.1, 0.15) is 26.3 Å². The molecule has 0 spiro atoms. The van der Waals surface area contributed by atoms with Crippen LogP contribution in [0.4, 0.5) is 0 Å². The van der Waals surface area contributed by atoms with Gasteiger partial charge in [0.25, 0.3) is 0 Å². The molecule has 0 aliphatic heterocycles. The Morgan fingerprint density at radius 2 is 1.80 bits per heavy atom. The van der Waals surface area contributed by atoms with Crippen LogP contribution in [-0.2, 0) is 6.54 Å². The molecule has 1 aromatic carbocycles. The first-order valence-corrected chi connectivity index (χ1v) is 7.44. The van der Waals surface area contributed by atoms with E-state index in [4.69, 9.17) is 9.47 Å². The maximum atomic E-state index is 10.2. The van der Waals surface area contributed by atoms with Crippen molar-refractivity contribution < 1.29 is 14.6 Å². The van der Waals surface area contributed by atoms with Gasteiger partial charge in [-0.1, -0.05) is 29.8 Å². The number of rotatable bonds is 7. The summed E-state index contributed by atoms with van der Waals surface area (Å²) in [4.78, 5) is 0. The lowest BCUT2D eigenvalue weighted by molar-refractivity contribution is 0.0140. The Morgan fingerprint density at radius 3 is 2.30 bits per heavy atom. The normalized spacial score (nSPS) is 14.2. The third kappa shape index (κ3) is 4.36. The first kappa shape index (κ1) is 17.3. The van der Waals surface area contributed by atoms with Gasteiger partial charge in [-0.25, -0.2) is 0 Å².